The second kappa shape index (κ2) is 4.63. The average Bonchev–Trinajstić information content (AvgIpc) is 2.29. The number of benzene rings is 1. The van der Waals surface area contributed by atoms with E-state index in [9.17, 15) is 0 Å². The van der Waals surface area contributed by atoms with Crippen LogP contribution in [0.3, 0.4) is 0 Å². The first-order valence-electron chi connectivity index (χ1n) is 5.13. The Kier molecular flexibility index (Phi) is 3.21. The van der Waals surface area contributed by atoms with Crippen LogP contribution in [-0.4, -0.2) is 4.98 Å². The topological polar surface area (TPSA) is 36.7 Å². The van der Waals surface area contributed by atoms with Crippen molar-refractivity contribution in [2.45, 2.75) is 13.3 Å². The summed E-state index contributed by atoms with van der Waals surface area (Å²) in [5.74, 6) is 0.0426. The van der Waals surface area contributed by atoms with Crippen LogP contribution in [0.5, 0.6) is 0 Å². The molecule has 0 saturated carbocycles. The molecule has 1 aromatic heterocycles. The Morgan fingerprint density at radius 1 is 1.50 bits per heavy atom. The van der Waals surface area contributed by atoms with Crippen LogP contribution < -0.4 is 0 Å². The summed E-state index contributed by atoms with van der Waals surface area (Å²) in [6.07, 6.45) is 2.56. The van der Waals surface area contributed by atoms with E-state index < -0.39 is 0 Å². The second-order valence-corrected chi connectivity index (χ2v) is 4.74. The smallest absolute Gasteiger partial charge is 0.0844 e. The maximum atomic E-state index is 8.80. The number of hydrogen-bond acceptors (Lipinski definition) is 2. The van der Waals surface area contributed by atoms with E-state index in [0.717, 1.165) is 21.8 Å². The average molecular weight is 275 g/mol. The summed E-state index contributed by atoms with van der Waals surface area (Å²) in [5.41, 5.74) is 2.14. The van der Waals surface area contributed by atoms with Gasteiger partial charge in [0.05, 0.1) is 11.6 Å². The predicted molar refractivity (Wildman–Crippen MR) is 67.9 cm³/mol. The van der Waals surface area contributed by atoms with Crippen LogP contribution in [0.25, 0.3) is 10.9 Å². The second-order valence-electron chi connectivity index (χ2n) is 3.89. The summed E-state index contributed by atoms with van der Waals surface area (Å²) < 4.78 is 0.991. The molecule has 0 aliphatic rings. The van der Waals surface area contributed by atoms with Gasteiger partial charge in [0.15, 0.2) is 0 Å². The van der Waals surface area contributed by atoms with Crippen molar-refractivity contribution in [3.05, 3.63) is 40.5 Å². The molecule has 2 rings (SSSR count). The van der Waals surface area contributed by atoms with Crippen molar-refractivity contribution in [3.8, 4) is 6.07 Å². The van der Waals surface area contributed by atoms with E-state index in [1.807, 2.05) is 25.1 Å². The molecule has 0 fully saturated rings. The van der Waals surface area contributed by atoms with Gasteiger partial charge in [0.25, 0.3) is 0 Å². The van der Waals surface area contributed by atoms with Crippen molar-refractivity contribution in [1.29, 1.82) is 5.26 Å². The third-order valence-electron chi connectivity index (χ3n) is 2.48. The maximum Gasteiger partial charge on any atom is 0.0844 e. The molecule has 1 aromatic carbocycles. The first-order chi connectivity index (χ1) is 7.70. The first-order valence-corrected chi connectivity index (χ1v) is 5.93. The molecule has 0 radical (unpaired) electrons. The number of pyridine rings is 1. The Labute approximate surface area is 103 Å². The SMILES string of the molecule is CC(C#N)Cc1cc(Br)c2ncccc2c1. The lowest BCUT2D eigenvalue weighted by Crippen LogP contribution is -1.96. The highest BCUT2D eigenvalue weighted by atomic mass is 79.9. The number of fused-ring (bicyclic) bond motifs is 1. The van der Waals surface area contributed by atoms with Crippen molar-refractivity contribution >= 4 is 26.8 Å². The third kappa shape index (κ3) is 2.23. The van der Waals surface area contributed by atoms with Crippen molar-refractivity contribution in [3.63, 3.8) is 0 Å². The molecular weight excluding hydrogens is 264 g/mol. The first kappa shape index (κ1) is 11.1. The molecule has 1 atom stereocenters. The van der Waals surface area contributed by atoms with Crippen molar-refractivity contribution in [2.24, 2.45) is 5.92 Å². The van der Waals surface area contributed by atoms with Crippen LogP contribution in [0.15, 0.2) is 34.9 Å². The molecular formula is C13H11BrN2. The third-order valence-corrected chi connectivity index (χ3v) is 3.08. The lowest BCUT2D eigenvalue weighted by Gasteiger charge is -2.06. The fourth-order valence-corrected chi connectivity index (χ4v) is 2.35. The van der Waals surface area contributed by atoms with Crippen molar-refractivity contribution < 1.29 is 0 Å². The highest BCUT2D eigenvalue weighted by Gasteiger charge is 2.06. The zero-order valence-electron chi connectivity index (χ0n) is 8.94. The van der Waals surface area contributed by atoms with Crippen LogP contribution in [0.4, 0.5) is 0 Å². The standard InChI is InChI=1S/C13H11BrN2/c1-9(8-15)5-10-6-11-3-2-4-16-13(11)12(14)7-10/h2-4,6-7,9H,5H2,1H3. The molecule has 0 N–H and O–H groups in total. The number of nitriles is 1. The minimum Gasteiger partial charge on any atom is -0.255 e. The predicted octanol–water partition coefficient (Wildman–Crippen LogP) is 3.70. The largest absolute Gasteiger partial charge is 0.255 e. The minimum absolute atomic E-state index is 0.0426. The molecule has 1 unspecified atom stereocenters. The summed E-state index contributed by atoms with van der Waals surface area (Å²) in [4.78, 5) is 4.31. The molecule has 16 heavy (non-hydrogen) atoms. The fraction of sp³-hybridized carbons (Fsp3) is 0.231. The quantitative estimate of drug-likeness (QED) is 0.837. The van der Waals surface area contributed by atoms with Crippen LogP contribution in [-0.2, 0) is 6.42 Å². The Morgan fingerprint density at radius 3 is 3.06 bits per heavy atom. The summed E-state index contributed by atoms with van der Waals surface area (Å²) in [7, 11) is 0. The Bertz CT molecular complexity index is 557. The Morgan fingerprint density at radius 2 is 2.31 bits per heavy atom. The van der Waals surface area contributed by atoms with Crippen LogP contribution >= 0.6 is 15.9 Å². The van der Waals surface area contributed by atoms with Gasteiger partial charge in [0.2, 0.25) is 0 Å². The highest BCUT2D eigenvalue weighted by molar-refractivity contribution is 9.10. The molecule has 0 bridgehead atoms. The van der Waals surface area contributed by atoms with Gasteiger partial charge < -0.3 is 0 Å². The van der Waals surface area contributed by atoms with Gasteiger partial charge in [-0.25, -0.2) is 0 Å². The van der Waals surface area contributed by atoms with E-state index in [2.05, 4.69) is 33.0 Å². The lowest BCUT2D eigenvalue weighted by atomic mass is 10.0. The molecule has 0 aliphatic carbocycles. The summed E-state index contributed by atoms with van der Waals surface area (Å²) in [6, 6.07) is 10.4. The molecule has 1 heterocycles. The number of aromatic nitrogens is 1. The Balaban J connectivity index is 2.46. The lowest BCUT2D eigenvalue weighted by molar-refractivity contribution is 0.739. The minimum atomic E-state index is 0.0426. The van der Waals surface area contributed by atoms with Gasteiger partial charge in [-0.05, 0) is 53.0 Å². The van der Waals surface area contributed by atoms with Crippen molar-refractivity contribution in [2.75, 3.05) is 0 Å². The molecule has 3 heteroatoms. The normalized spacial score (nSPS) is 12.3. The summed E-state index contributed by atoms with van der Waals surface area (Å²) in [6.45, 7) is 1.93. The molecule has 0 saturated heterocycles. The van der Waals surface area contributed by atoms with E-state index in [-0.39, 0.29) is 5.92 Å². The van der Waals surface area contributed by atoms with Crippen molar-refractivity contribution in [1.82, 2.24) is 4.98 Å². The number of hydrogen-bond donors (Lipinski definition) is 0. The molecule has 2 aromatic rings. The van der Waals surface area contributed by atoms with Crippen LogP contribution in [0.2, 0.25) is 0 Å². The number of rotatable bonds is 2. The van der Waals surface area contributed by atoms with Crippen LogP contribution in [0, 0.1) is 17.2 Å². The van der Waals surface area contributed by atoms with Gasteiger partial charge >= 0.3 is 0 Å². The molecule has 2 nitrogen and oxygen atoms in total. The van der Waals surface area contributed by atoms with Gasteiger partial charge in [-0.1, -0.05) is 6.07 Å². The van der Waals surface area contributed by atoms with Gasteiger partial charge in [-0.3, -0.25) is 4.98 Å². The molecule has 0 spiro atoms. The van der Waals surface area contributed by atoms with Crippen LogP contribution in [0.1, 0.15) is 12.5 Å². The molecule has 0 aliphatic heterocycles. The van der Waals surface area contributed by atoms with E-state index in [4.69, 9.17) is 5.26 Å². The highest BCUT2D eigenvalue weighted by Crippen LogP contribution is 2.25. The summed E-state index contributed by atoms with van der Waals surface area (Å²) in [5, 5.41) is 9.91. The Hall–Kier alpha value is -1.40. The number of nitrogens with zero attached hydrogens (tertiary/aromatic N) is 2. The maximum absolute atomic E-state index is 8.80. The van der Waals surface area contributed by atoms with Gasteiger partial charge in [-0.2, -0.15) is 5.26 Å². The van der Waals surface area contributed by atoms with E-state index in [1.165, 1.54) is 5.56 Å². The zero-order valence-corrected chi connectivity index (χ0v) is 10.5. The zero-order chi connectivity index (χ0) is 11.5. The molecule has 80 valence electrons. The van der Waals surface area contributed by atoms with E-state index >= 15 is 0 Å². The molecule has 0 amide bonds. The summed E-state index contributed by atoms with van der Waals surface area (Å²) >= 11 is 3.51. The van der Waals surface area contributed by atoms with E-state index in [1.54, 1.807) is 6.20 Å². The monoisotopic (exact) mass is 274 g/mol. The van der Waals surface area contributed by atoms with Gasteiger partial charge in [0, 0.05) is 22.0 Å². The fourth-order valence-electron chi connectivity index (χ4n) is 1.72. The number of halogens is 1. The van der Waals surface area contributed by atoms with E-state index in [0.29, 0.717) is 0 Å². The van der Waals surface area contributed by atoms with Gasteiger partial charge in [-0.15, -0.1) is 0 Å². The van der Waals surface area contributed by atoms with Gasteiger partial charge in [0.1, 0.15) is 0 Å².